The first-order valence-corrected chi connectivity index (χ1v) is 9.76. The van der Waals surface area contributed by atoms with Crippen LogP contribution in [0.1, 0.15) is 32.2 Å². The molecule has 0 saturated carbocycles. The third kappa shape index (κ3) is 4.20. The number of Topliss-reactive ketones (excluding diaryl/α,β-unsaturated/α-hetero) is 1. The largest absolute Gasteiger partial charge is 0.486 e. The number of hydrogen-bond donors (Lipinski definition) is 1. The van der Waals surface area contributed by atoms with Crippen molar-refractivity contribution in [3.63, 3.8) is 0 Å². The topological polar surface area (TPSA) is 119 Å². The van der Waals surface area contributed by atoms with Crippen LogP contribution < -0.4 is 15.2 Å². The molecule has 2 N–H and O–H groups in total. The Kier molecular flexibility index (Phi) is 5.57. The number of aryl methyl sites for hydroxylation is 1. The molecule has 9 nitrogen and oxygen atoms in total. The predicted molar refractivity (Wildman–Crippen MR) is 111 cm³/mol. The highest BCUT2D eigenvalue weighted by Gasteiger charge is 2.24. The normalized spacial score (nSPS) is 14.8. The van der Waals surface area contributed by atoms with Crippen molar-refractivity contribution < 1.29 is 23.8 Å². The SMILES string of the molecule is Cc1cc(C(=O)COC(=O)c2nccnc2N)c(C)n1C[C@H]1COc2ccccc2O1. The van der Waals surface area contributed by atoms with E-state index in [-0.39, 0.29) is 23.4 Å². The maximum absolute atomic E-state index is 12.7. The quantitative estimate of drug-likeness (QED) is 0.475. The molecular weight excluding hydrogens is 400 g/mol. The minimum Gasteiger partial charge on any atom is -0.486 e. The molecule has 0 fully saturated rings. The first-order valence-electron chi connectivity index (χ1n) is 9.76. The number of benzene rings is 1. The molecule has 160 valence electrons. The van der Waals surface area contributed by atoms with Gasteiger partial charge in [0.15, 0.2) is 35.7 Å². The van der Waals surface area contributed by atoms with Crippen LogP contribution in [-0.2, 0) is 11.3 Å². The number of nitrogen functional groups attached to an aromatic ring is 1. The first-order chi connectivity index (χ1) is 14.9. The maximum Gasteiger partial charge on any atom is 0.361 e. The summed E-state index contributed by atoms with van der Waals surface area (Å²) >= 11 is 0. The lowest BCUT2D eigenvalue weighted by atomic mass is 10.1. The fourth-order valence-corrected chi connectivity index (χ4v) is 3.50. The van der Waals surface area contributed by atoms with Crippen LogP contribution in [0.4, 0.5) is 5.82 Å². The van der Waals surface area contributed by atoms with Crippen LogP contribution >= 0.6 is 0 Å². The van der Waals surface area contributed by atoms with Gasteiger partial charge >= 0.3 is 5.97 Å². The number of nitrogens with zero attached hydrogens (tertiary/aromatic N) is 3. The lowest BCUT2D eigenvalue weighted by Gasteiger charge is -2.27. The Morgan fingerprint density at radius 2 is 1.94 bits per heavy atom. The third-order valence-electron chi connectivity index (χ3n) is 5.08. The highest BCUT2D eigenvalue weighted by Crippen LogP contribution is 2.31. The van der Waals surface area contributed by atoms with E-state index < -0.39 is 12.6 Å². The Hall–Kier alpha value is -3.88. The number of ketones is 1. The fraction of sp³-hybridized carbons (Fsp3) is 0.273. The Morgan fingerprint density at radius 3 is 2.71 bits per heavy atom. The van der Waals surface area contributed by atoms with Crippen LogP contribution in [0.3, 0.4) is 0 Å². The van der Waals surface area contributed by atoms with Gasteiger partial charge in [0.2, 0.25) is 5.78 Å². The summed E-state index contributed by atoms with van der Waals surface area (Å²) in [5, 5.41) is 0. The van der Waals surface area contributed by atoms with Crippen LogP contribution in [0.5, 0.6) is 11.5 Å². The number of ether oxygens (including phenoxy) is 3. The fourth-order valence-electron chi connectivity index (χ4n) is 3.50. The number of aromatic nitrogens is 3. The summed E-state index contributed by atoms with van der Waals surface area (Å²) in [4.78, 5) is 32.5. The summed E-state index contributed by atoms with van der Waals surface area (Å²) in [5.41, 5.74) is 7.65. The van der Waals surface area contributed by atoms with Gasteiger partial charge < -0.3 is 24.5 Å². The number of rotatable bonds is 6. The summed E-state index contributed by atoms with van der Waals surface area (Å²) in [6.07, 6.45) is 2.50. The lowest BCUT2D eigenvalue weighted by molar-refractivity contribution is 0.0469. The number of hydrogen-bond acceptors (Lipinski definition) is 8. The van der Waals surface area contributed by atoms with Crippen LogP contribution in [0, 0.1) is 13.8 Å². The van der Waals surface area contributed by atoms with Crippen molar-refractivity contribution in [3.8, 4) is 11.5 Å². The van der Waals surface area contributed by atoms with E-state index >= 15 is 0 Å². The van der Waals surface area contributed by atoms with Gasteiger partial charge in [-0.2, -0.15) is 0 Å². The second kappa shape index (κ2) is 8.47. The molecule has 2 aromatic heterocycles. The number of nitrogens with two attached hydrogens (primary N) is 1. The van der Waals surface area contributed by atoms with E-state index in [9.17, 15) is 9.59 Å². The molecule has 0 saturated heterocycles. The van der Waals surface area contributed by atoms with Gasteiger partial charge in [0.1, 0.15) is 6.61 Å². The molecule has 0 bridgehead atoms. The van der Waals surface area contributed by atoms with Gasteiger partial charge in [-0.3, -0.25) is 4.79 Å². The summed E-state index contributed by atoms with van der Waals surface area (Å²) < 4.78 is 18.9. The molecule has 1 atom stereocenters. The highest BCUT2D eigenvalue weighted by molar-refractivity contribution is 6.00. The molecule has 3 aromatic rings. The van der Waals surface area contributed by atoms with Crippen molar-refractivity contribution in [3.05, 3.63) is 65.4 Å². The zero-order valence-corrected chi connectivity index (χ0v) is 17.2. The average Bonchev–Trinajstić information content (AvgIpc) is 3.06. The van der Waals surface area contributed by atoms with Gasteiger partial charge in [-0.25, -0.2) is 14.8 Å². The molecule has 1 aromatic carbocycles. The Bertz CT molecular complexity index is 1140. The van der Waals surface area contributed by atoms with E-state index in [1.165, 1.54) is 12.4 Å². The smallest absolute Gasteiger partial charge is 0.361 e. The molecule has 1 aliphatic rings. The minimum atomic E-state index is -0.792. The van der Waals surface area contributed by atoms with E-state index in [0.717, 1.165) is 17.1 Å². The molecule has 0 unspecified atom stereocenters. The summed E-state index contributed by atoms with van der Waals surface area (Å²) in [7, 11) is 0. The van der Waals surface area contributed by atoms with Gasteiger partial charge in [-0.05, 0) is 32.0 Å². The number of fused-ring (bicyclic) bond motifs is 1. The van der Waals surface area contributed by atoms with Gasteiger partial charge in [-0.15, -0.1) is 0 Å². The van der Waals surface area contributed by atoms with E-state index in [1.54, 1.807) is 6.07 Å². The van der Waals surface area contributed by atoms with E-state index in [0.29, 0.717) is 24.5 Å². The first kappa shape index (κ1) is 20.4. The molecule has 31 heavy (non-hydrogen) atoms. The van der Waals surface area contributed by atoms with E-state index in [2.05, 4.69) is 9.97 Å². The molecule has 4 rings (SSSR count). The van der Waals surface area contributed by atoms with Gasteiger partial charge in [-0.1, -0.05) is 12.1 Å². The highest BCUT2D eigenvalue weighted by atomic mass is 16.6. The van der Waals surface area contributed by atoms with Crippen molar-refractivity contribution in [1.29, 1.82) is 0 Å². The van der Waals surface area contributed by atoms with Gasteiger partial charge in [0.25, 0.3) is 0 Å². The summed E-state index contributed by atoms with van der Waals surface area (Å²) in [6.45, 7) is 4.27. The minimum absolute atomic E-state index is 0.0469. The van der Waals surface area contributed by atoms with Crippen LogP contribution in [0.2, 0.25) is 0 Å². The molecule has 1 aliphatic heterocycles. The van der Waals surface area contributed by atoms with Crippen LogP contribution in [0.15, 0.2) is 42.7 Å². The number of carbonyl (C=O) groups excluding carboxylic acids is 2. The Labute approximate surface area is 178 Å². The van der Waals surface area contributed by atoms with Crippen LogP contribution in [-0.4, -0.2) is 45.6 Å². The van der Waals surface area contributed by atoms with Gasteiger partial charge in [0, 0.05) is 29.3 Å². The Morgan fingerprint density at radius 1 is 1.19 bits per heavy atom. The summed E-state index contributed by atoms with van der Waals surface area (Å²) in [6, 6.07) is 9.30. The van der Waals surface area contributed by atoms with Crippen LogP contribution in [0.25, 0.3) is 0 Å². The molecule has 0 aliphatic carbocycles. The number of anilines is 1. The van der Waals surface area contributed by atoms with Crippen molar-refractivity contribution in [2.45, 2.75) is 26.5 Å². The van der Waals surface area contributed by atoms with E-state index in [4.69, 9.17) is 19.9 Å². The lowest BCUT2D eigenvalue weighted by Crippen LogP contribution is -2.33. The summed E-state index contributed by atoms with van der Waals surface area (Å²) in [5.74, 6) is 0.267. The standard InChI is InChI=1S/C22H22N4O5/c1-13-9-16(17(27)12-30-22(28)20-21(23)25-8-7-24-20)14(2)26(13)10-15-11-29-18-5-3-4-6-19(18)31-15/h3-9,15H,10-12H2,1-2H3,(H2,23,25)/t15-/m0/s1. The number of para-hydroxylation sites is 2. The predicted octanol–water partition coefficient (Wildman–Crippen LogP) is 2.36. The molecular formula is C22H22N4O5. The number of carbonyl (C=O) groups is 2. The number of esters is 1. The van der Waals surface area contributed by atoms with Crippen molar-refractivity contribution in [2.24, 2.45) is 0 Å². The molecule has 0 radical (unpaired) electrons. The second-order valence-corrected chi connectivity index (χ2v) is 7.18. The molecule has 9 heteroatoms. The molecule has 0 amide bonds. The van der Waals surface area contributed by atoms with Crippen molar-refractivity contribution >= 4 is 17.6 Å². The molecule has 3 heterocycles. The molecule has 0 spiro atoms. The maximum atomic E-state index is 12.7. The van der Waals surface area contributed by atoms with E-state index in [1.807, 2.05) is 42.7 Å². The van der Waals surface area contributed by atoms with Crippen molar-refractivity contribution in [1.82, 2.24) is 14.5 Å². The van der Waals surface area contributed by atoms with Crippen molar-refractivity contribution in [2.75, 3.05) is 18.9 Å². The van der Waals surface area contributed by atoms with Gasteiger partial charge in [0.05, 0.1) is 6.54 Å². The zero-order chi connectivity index (χ0) is 22.0. The second-order valence-electron chi connectivity index (χ2n) is 7.18. The Balaban J connectivity index is 1.42. The average molecular weight is 422 g/mol. The zero-order valence-electron chi connectivity index (χ0n) is 17.2. The monoisotopic (exact) mass is 422 g/mol. The third-order valence-corrected chi connectivity index (χ3v) is 5.08.